The standard InChI is InChI=1S/C31H26N2.C6H14.C2H4/c1-3-11-27-22-29(25-14-8-5-9-15-25)20-23(2)30(27)33-19-18-32-31(33)28-17-10-16-26(21-28)24-12-6-4-7-13-24;1-5(2)6(3)4;1-2/h3-10,12-22H,1,11H2,2H3;5-6H,1-4H3;1-2H2. The van der Waals surface area contributed by atoms with E-state index >= 15 is 0 Å². The van der Waals surface area contributed by atoms with Gasteiger partial charge in [-0.2, -0.15) is 0 Å². The molecule has 5 aromatic rings. The average Bonchev–Trinajstić information content (AvgIpc) is 3.49. The lowest BCUT2D eigenvalue weighted by Crippen LogP contribution is -2.04. The Labute approximate surface area is 247 Å². The summed E-state index contributed by atoms with van der Waals surface area (Å²) in [5.74, 6) is 2.64. The summed E-state index contributed by atoms with van der Waals surface area (Å²) < 4.78 is 2.22. The molecule has 0 N–H and O–H groups in total. The van der Waals surface area contributed by atoms with E-state index in [0.29, 0.717) is 0 Å². The molecule has 0 unspecified atom stereocenters. The minimum absolute atomic E-state index is 0.790. The molecule has 0 aliphatic carbocycles. The second-order valence-electron chi connectivity index (χ2n) is 10.7. The monoisotopic (exact) mass is 540 g/mol. The van der Waals surface area contributed by atoms with E-state index in [1.807, 2.05) is 18.3 Å². The van der Waals surface area contributed by atoms with E-state index in [1.54, 1.807) is 0 Å². The van der Waals surface area contributed by atoms with E-state index in [1.165, 1.54) is 39.1 Å². The van der Waals surface area contributed by atoms with E-state index < -0.39 is 0 Å². The van der Waals surface area contributed by atoms with Crippen molar-refractivity contribution in [2.75, 3.05) is 0 Å². The predicted octanol–water partition coefficient (Wildman–Crippen LogP) is 11.0. The maximum Gasteiger partial charge on any atom is 0.144 e. The summed E-state index contributed by atoms with van der Waals surface area (Å²) in [5.41, 5.74) is 9.55. The fourth-order valence-corrected chi connectivity index (χ4v) is 4.47. The molecule has 5 rings (SSSR count). The SMILES string of the molecule is C=C.C=CCc1cc(-c2ccccc2)cc(C)c1-n1ccnc1-c1cccc(-c2ccccc2)c1.CC(C)C(C)C. The van der Waals surface area contributed by atoms with Crippen molar-refractivity contribution in [2.45, 2.75) is 41.0 Å². The number of aromatic nitrogens is 2. The van der Waals surface area contributed by atoms with Gasteiger partial charge >= 0.3 is 0 Å². The first-order chi connectivity index (χ1) is 19.9. The quantitative estimate of drug-likeness (QED) is 0.188. The van der Waals surface area contributed by atoms with Crippen molar-refractivity contribution < 1.29 is 0 Å². The normalized spacial score (nSPS) is 10.4. The van der Waals surface area contributed by atoms with Crippen LogP contribution in [-0.2, 0) is 6.42 Å². The highest BCUT2D eigenvalue weighted by atomic mass is 15.1. The first kappa shape index (κ1) is 31.1. The lowest BCUT2D eigenvalue weighted by atomic mass is 9.96. The lowest BCUT2D eigenvalue weighted by Gasteiger charge is -2.18. The van der Waals surface area contributed by atoms with Gasteiger partial charge in [0.25, 0.3) is 0 Å². The van der Waals surface area contributed by atoms with Crippen molar-refractivity contribution in [1.29, 1.82) is 0 Å². The zero-order chi connectivity index (χ0) is 29.8. The number of imidazole rings is 1. The highest BCUT2D eigenvalue weighted by Gasteiger charge is 2.15. The Hall–Kier alpha value is -4.43. The zero-order valence-electron chi connectivity index (χ0n) is 25.3. The van der Waals surface area contributed by atoms with E-state index in [0.717, 1.165) is 29.6 Å². The van der Waals surface area contributed by atoms with Crippen LogP contribution in [0.25, 0.3) is 39.3 Å². The molecule has 0 bridgehead atoms. The average molecular weight is 541 g/mol. The van der Waals surface area contributed by atoms with Crippen molar-refractivity contribution >= 4 is 0 Å². The molecule has 0 aliphatic rings. The highest BCUT2D eigenvalue weighted by molar-refractivity contribution is 5.73. The van der Waals surface area contributed by atoms with Gasteiger partial charge in [0.2, 0.25) is 0 Å². The van der Waals surface area contributed by atoms with Crippen LogP contribution in [0.5, 0.6) is 0 Å². The first-order valence-electron chi connectivity index (χ1n) is 14.4. The van der Waals surface area contributed by atoms with Gasteiger partial charge in [0.1, 0.15) is 5.82 Å². The van der Waals surface area contributed by atoms with Gasteiger partial charge in [-0.25, -0.2) is 4.98 Å². The second kappa shape index (κ2) is 15.4. The van der Waals surface area contributed by atoms with Gasteiger partial charge in [0, 0.05) is 18.0 Å². The summed E-state index contributed by atoms with van der Waals surface area (Å²) in [4.78, 5) is 4.76. The number of hydrogen-bond donors (Lipinski definition) is 0. The van der Waals surface area contributed by atoms with Gasteiger partial charge in [0.15, 0.2) is 0 Å². The Morgan fingerprint density at radius 3 is 1.78 bits per heavy atom. The lowest BCUT2D eigenvalue weighted by molar-refractivity contribution is 0.457. The van der Waals surface area contributed by atoms with Gasteiger partial charge < -0.3 is 0 Å². The number of aryl methyl sites for hydroxylation is 1. The summed E-state index contributed by atoms with van der Waals surface area (Å²) in [6.07, 6.45) is 6.70. The molecule has 2 heteroatoms. The van der Waals surface area contributed by atoms with Crippen molar-refractivity contribution in [3.63, 3.8) is 0 Å². The fourth-order valence-electron chi connectivity index (χ4n) is 4.47. The molecule has 1 aromatic heterocycles. The van der Waals surface area contributed by atoms with Crippen LogP contribution in [-0.4, -0.2) is 9.55 Å². The summed E-state index contributed by atoms with van der Waals surface area (Å²) >= 11 is 0. The van der Waals surface area contributed by atoms with Crippen LogP contribution in [0.3, 0.4) is 0 Å². The molecule has 41 heavy (non-hydrogen) atoms. The first-order valence-corrected chi connectivity index (χ1v) is 14.4. The third-order valence-corrected chi connectivity index (χ3v) is 7.29. The Bertz CT molecular complexity index is 1500. The Balaban J connectivity index is 0.000000515. The van der Waals surface area contributed by atoms with Crippen molar-refractivity contribution in [3.05, 3.63) is 146 Å². The topological polar surface area (TPSA) is 17.8 Å². The molecule has 2 nitrogen and oxygen atoms in total. The second-order valence-corrected chi connectivity index (χ2v) is 10.7. The van der Waals surface area contributed by atoms with Crippen LogP contribution in [0, 0.1) is 18.8 Å². The molecule has 0 atom stereocenters. The van der Waals surface area contributed by atoms with Crippen molar-refractivity contribution in [3.8, 4) is 39.3 Å². The summed E-state index contributed by atoms with van der Waals surface area (Å²) in [6.45, 7) is 21.2. The van der Waals surface area contributed by atoms with Crippen LogP contribution in [0.2, 0.25) is 0 Å². The van der Waals surface area contributed by atoms with Gasteiger partial charge in [-0.3, -0.25) is 4.57 Å². The summed E-state index contributed by atoms with van der Waals surface area (Å²) in [7, 11) is 0. The zero-order valence-corrected chi connectivity index (χ0v) is 25.3. The molecule has 210 valence electrons. The van der Waals surface area contributed by atoms with Crippen LogP contribution < -0.4 is 0 Å². The third kappa shape index (κ3) is 8.05. The van der Waals surface area contributed by atoms with E-state index in [2.05, 4.69) is 156 Å². The molecule has 0 aliphatic heterocycles. The van der Waals surface area contributed by atoms with Crippen LogP contribution in [0.1, 0.15) is 38.8 Å². The molecule has 0 saturated carbocycles. The third-order valence-electron chi connectivity index (χ3n) is 7.29. The molecular formula is C39H44N2. The summed E-state index contributed by atoms with van der Waals surface area (Å²) in [5, 5.41) is 0. The van der Waals surface area contributed by atoms with Crippen LogP contribution in [0.15, 0.2) is 135 Å². The Morgan fingerprint density at radius 1 is 0.683 bits per heavy atom. The fraction of sp³-hybridized carbons (Fsp3) is 0.205. The van der Waals surface area contributed by atoms with E-state index in [-0.39, 0.29) is 0 Å². The molecular weight excluding hydrogens is 496 g/mol. The number of allylic oxidation sites excluding steroid dienone is 1. The molecule has 0 saturated heterocycles. The molecule has 0 radical (unpaired) electrons. The van der Waals surface area contributed by atoms with E-state index in [4.69, 9.17) is 4.98 Å². The van der Waals surface area contributed by atoms with Gasteiger partial charge in [-0.15, -0.1) is 19.7 Å². The van der Waals surface area contributed by atoms with Gasteiger partial charge in [0.05, 0.1) is 5.69 Å². The molecule has 1 heterocycles. The maximum atomic E-state index is 4.76. The number of rotatable bonds is 7. The summed E-state index contributed by atoms with van der Waals surface area (Å²) in [6, 6.07) is 34.1. The Morgan fingerprint density at radius 2 is 1.22 bits per heavy atom. The Kier molecular flexibility index (Phi) is 11.7. The van der Waals surface area contributed by atoms with Crippen LogP contribution in [0.4, 0.5) is 0 Å². The minimum atomic E-state index is 0.790. The molecule has 0 amide bonds. The smallest absolute Gasteiger partial charge is 0.144 e. The van der Waals surface area contributed by atoms with Gasteiger partial charge in [-0.1, -0.05) is 113 Å². The molecule has 4 aromatic carbocycles. The number of benzene rings is 4. The maximum absolute atomic E-state index is 4.76. The molecule has 0 spiro atoms. The molecule has 0 fully saturated rings. The predicted molar refractivity (Wildman–Crippen MR) is 179 cm³/mol. The highest BCUT2D eigenvalue weighted by Crippen LogP contribution is 2.32. The number of hydrogen-bond acceptors (Lipinski definition) is 1. The minimum Gasteiger partial charge on any atom is -0.299 e. The van der Waals surface area contributed by atoms with Gasteiger partial charge in [-0.05, 0) is 76.8 Å². The van der Waals surface area contributed by atoms with E-state index in [9.17, 15) is 0 Å². The van der Waals surface area contributed by atoms with Crippen molar-refractivity contribution in [1.82, 2.24) is 9.55 Å². The van der Waals surface area contributed by atoms with Crippen molar-refractivity contribution in [2.24, 2.45) is 11.8 Å². The number of nitrogens with zero attached hydrogens (tertiary/aromatic N) is 2. The van der Waals surface area contributed by atoms with Crippen LogP contribution >= 0.6 is 0 Å². The largest absolute Gasteiger partial charge is 0.299 e.